The number of aromatic hydroxyl groups is 1. The van der Waals surface area contributed by atoms with Crippen LogP contribution in [0.5, 0.6) is 5.88 Å². The summed E-state index contributed by atoms with van der Waals surface area (Å²) in [5, 5.41) is 36.4. The molecule has 0 atom stereocenters. The van der Waals surface area contributed by atoms with Crippen molar-refractivity contribution in [1.82, 2.24) is 4.57 Å². The van der Waals surface area contributed by atoms with Crippen LogP contribution in [0.2, 0.25) is 10.0 Å². The Morgan fingerprint density at radius 1 is 1.33 bits per heavy atom. The highest BCUT2D eigenvalue weighted by Gasteiger charge is 2.19. The van der Waals surface area contributed by atoms with E-state index in [9.17, 15) is 15.2 Å². The fraction of sp³-hybridized carbons (Fsp3) is 0.200. The number of halogens is 2. The molecule has 0 aliphatic carbocycles. The molecule has 0 saturated heterocycles. The van der Waals surface area contributed by atoms with E-state index < -0.39 is 18.0 Å². The second-order valence-electron chi connectivity index (χ2n) is 4.74. The third kappa shape index (κ3) is 3.26. The maximum atomic E-state index is 12.4. The molecular weight excluding hydrogens is 355 g/mol. The smallest absolute Gasteiger partial charge is 0.281 e. The minimum Gasteiger partial charge on any atom is -0.493 e. The van der Waals surface area contributed by atoms with E-state index in [0.717, 1.165) is 4.57 Å². The maximum absolute atomic E-state index is 12.4. The van der Waals surface area contributed by atoms with Crippen LogP contribution in [0.1, 0.15) is 11.1 Å². The van der Waals surface area contributed by atoms with Gasteiger partial charge in [0.1, 0.15) is 17.3 Å². The fourth-order valence-electron chi connectivity index (χ4n) is 2.04. The third-order valence-corrected chi connectivity index (χ3v) is 4.09. The Bertz CT molecular complexity index is 916. The van der Waals surface area contributed by atoms with Gasteiger partial charge in [-0.3, -0.25) is 9.36 Å². The van der Waals surface area contributed by atoms with Gasteiger partial charge in [-0.05, 0) is 19.1 Å². The van der Waals surface area contributed by atoms with E-state index in [2.05, 4.69) is 10.2 Å². The maximum Gasteiger partial charge on any atom is 0.281 e. The minimum absolute atomic E-state index is 0.116. The topological polar surface area (TPSA) is 111 Å². The van der Waals surface area contributed by atoms with Crippen LogP contribution in [-0.2, 0) is 6.54 Å². The van der Waals surface area contributed by atoms with Gasteiger partial charge in [-0.1, -0.05) is 29.3 Å². The first kappa shape index (κ1) is 17.9. The lowest BCUT2D eigenvalue weighted by atomic mass is 10.1. The van der Waals surface area contributed by atoms with E-state index in [1.165, 1.54) is 6.92 Å². The van der Waals surface area contributed by atoms with Gasteiger partial charge in [0, 0.05) is 5.56 Å². The standard InChI is InChI=1S/C15H12Cl2N4O3/c1-8-9(7-18)14(23)21(5-6-22)15(24)13(8)20-19-11-4-2-3-10(16)12(11)17/h2-4,22-23H,5-6H2,1H3. The molecule has 124 valence electrons. The summed E-state index contributed by atoms with van der Waals surface area (Å²) in [7, 11) is 0. The van der Waals surface area contributed by atoms with Crippen molar-refractivity contribution in [2.75, 3.05) is 6.61 Å². The van der Waals surface area contributed by atoms with Gasteiger partial charge < -0.3 is 10.2 Å². The van der Waals surface area contributed by atoms with Crippen LogP contribution in [0, 0.1) is 18.3 Å². The first-order chi connectivity index (χ1) is 11.4. The summed E-state index contributed by atoms with van der Waals surface area (Å²) in [6, 6.07) is 6.57. The van der Waals surface area contributed by atoms with Crippen molar-refractivity contribution >= 4 is 34.6 Å². The van der Waals surface area contributed by atoms with E-state index in [0.29, 0.717) is 0 Å². The number of aliphatic hydroxyl groups excluding tert-OH is 1. The normalized spacial score (nSPS) is 11.0. The summed E-state index contributed by atoms with van der Waals surface area (Å²) in [5.74, 6) is -0.520. The molecule has 24 heavy (non-hydrogen) atoms. The molecule has 1 aromatic carbocycles. The average molecular weight is 367 g/mol. The van der Waals surface area contributed by atoms with Gasteiger partial charge >= 0.3 is 0 Å². The molecule has 0 radical (unpaired) electrons. The number of hydrogen-bond acceptors (Lipinski definition) is 6. The van der Waals surface area contributed by atoms with Crippen molar-refractivity contribution in [3.63, 3.8) is 0 Å². The molecule has 0 saturated carbocycles. The molecular formula is C15H12Cl2N4O3. The Balaban J connectivity index is 2.64. The second-order valence-corrected chi connectivity index (χ2v) is 5.52. The van der Waals surface area contributed by atoms with Gasteiger partial charge in [0.05, 0.1) is 23.2 Å². The number of azo groups is 1. The first-order valence-corrected chi connectivity index (χ1v) is 7.51. The largest absolute Gasteiger partial charge is 0.493 e. The molecule has 2 rings (SSSR count). The Morgan fingerprint density at radius 2 is 2.04 bits per heavy atom. The minimum atomic E-state index is -0.681. The molecule has 7 nitrogen and oxygen atoms in total. The zero-order chi connectivity index (χ0) is 17.9. The molecule has 0 unspecified atom stereocenters. The van der Waals surface area contributed by atoms with E-state index in [4.69, 9.17) is 28.3 Å². The number of nitriles is 1. The average Bonchev–Trinajstić information content (AvgIpc) is 2.55. The zero-order valence-corrected chi connectivity index (χ0v) is 14.0. The molecule has 2 aromatic rings. The quantitative estimate of drug-likeness (QED) is 0.806. The Kier molecular flexibility index (Phi) is 5.57. The SMILES string of the molecule is Cc1c(C#N)c(O)n(CCO)c(=O)c1N=Nc1cccc(Cl)c1Cl. The Morgan fingerprint density at radius 3 is 2.67 bits per heavy atom. The van der Waals surface area contributed by atoms with E-state index in [-0.39, 0.29) is 39.1 Å². The summed E-state index contributed by atoms with van der Waals surface area (Å²) in [6.45, 7) is 0.898. The van der Waals surface area contributed by atoms with Crippen LogP contribution < -0.4 is 5.56 Å². The summed E-state index contributed by atoms with van der Waals surface area (Å²) >= 11 is 11.9. The first-order valence-electron chi connectivity index (χ1n) is 6.75. The van der Waals surface area contributed by atoms with Crippen LogP contribution in [-0.4, -0.2) is 21.4 Å². The molecule has 0 fully saturated rings. The molecule has 1 heterocycles. The summed E-state index contributed by atoms with van der Waals surface area (Å²) in [4.78, 5) is 12.4. The molecule has 0 aliphatic rings. The third-order valence-electron chi connectivity index (χ3n) is 3.28. The van der Waals surface area contributed by atoms with Gasteiger partial charge in [0.15, 0.2) is 5.69 Å². The van der Waals surface area contributed by atoms with E-state index in [1.807, 2.05) is 6.07 Å². The van der Waals surface area contributed by atoms with Gasteiger partial charge in [0.25, 0.3) is 5.56 Å². The molecule has 9 heteroatoms. The monoisotopic (exact) mass is 366 g/mol. The lowest BCUT2D eigenvalue weighted by molar-refractivity contribution is 0.263. The molecule has 0 spiro atoms. The van der Waals surface area contributed by atoms with Crippen molar-refractivity contribution in [3.05, 3.63) is 49.7 Å². The van der Waals surface area contributed by atoms with E-state index in [1.54, 1.807) is 18.2 Å². The van der Waals surface area contributed by atoms with Crippen molar-refractivity contribution in [1.29, 1.82) is 5.26 Å². The number of pyridine rings is 1. The van der Waals surface area contributed by atoms with Crippen LogP contribution in [0.3, 0.4) is 0 Å². The van der Waals surface area contributed by atoms with Crippen LogP contribution in [0.15, 0.2) is 33.2 Å². The van der Waals surface area contributed by atoms with Crippen LogP contribution >= 0.6 is 23.2 Å². The second kappa shape index (κ2) is 7.45. The molecule has 1 aromatic heterocycles. The molecule has 0 aliphatic heterocycles. The summed E-state index contributed by atoms with van der Waals surface area (Å²) in [5.41, 5.74) is -0.498. The Hall–Kier alpha value is -2.40. The van der Waals surface area contributed by atoms with Gasteiger partial charge in [0.2, 0.25) is 5.88 Å². The van der Waals surface area contributed by atoms with Crippen LogP contribution in [0.4, 0.5) is 11.4 Å². The lowest BCUT2D eigenvalue weighted by Gasteiger charge is -2.11. The number of rotatable bonds is 4. The molecule has 0 bridgehead atoms. The van der Waals surface area contributed by atoms with E-state index >= 15 is 0 Å². The highest BCUT2D eigenvalue weighted by molar-refractivity contribution is 6.43. The predicted molar refractivity (Wildman–Crippen MR) is 89.5 cm³/mol. The highest BCUT2D eigenvalue weighted by Crippen LogP contribution is 2.33. The summed E-state index contributed by atoms with van der Waals surface area (Å²) in [6.07, 6.45) is 0. The van der Waals surface area contributed by atoms with Gasteiger partial charge in [-0.2, -0.15) is 5.26 Å². The highest BCUT2D eigenvalue weighted by atomic mass is 35.5. The van der Waals surface area contributed by atoms with Gasteiger partial charge in [-0.25, -0.2) is 0 Å². The predicted octanol–water partition coefficient (Wildman–Crippen LogP) is 3.45. The van der Waals surface area contributed by atoms with Crippen molar-refractivity contribution in [2.45, 2.75) is 13.5 Å². The molecule has 0 amide bonds. The van der Waals surface area contributed by atoms with Gasteiger partial charge in [-0.15, -0.1) is 10.2 Å². The Labute approximate surface area is 147 Å². The number of hydrogen-bond donors (Lipinski definition) is 2. The number of benzene rings is 1. The van der Waals surface area contributed by atoms with Crippen molar-refractivity contribution in [3.8, 4) is 11.9 Å². The van der Waals surface area contributed by atoms with Crippen molar-refractivity contribution in [2.24, 2.45) is 10.2 Å². The number of aromatic nitrogens is 1. The lowest BCUT2D eigenvalue weighted by Crippen LogP contribution is -2.23. The number of nitrogens with zero attached hydrogens (tertiary/aromatic N) is 4. The summed E-state index contributed by atoms with van der Waals surface area (Å²) < 4.78 is 0.861. The molecule has 2 N–H and O–H groups in total. The fourth-order valence-corrected chi connectivity index (χ4v) is 2.37. The number of aliphatic hydroxyl groups is 1. The van der Waals surface area contributed by atoms with Crippen molar-refractivity contribution < 1.29 is 10.2 Å². The van der Waals surface area contributed by atoms with Crippen LogP contribution in [0.25, 0.3) is 0 Å². The zero-order valence-electron chi connectivity index (χ0n) is 12.5.